The van der Waals surface area contributed by atoms with Crippen molar-refractivity contribution < 1.29 is 0 Å². The molecule has 2 heteroatoms. The molecular formula is C11H9IS. The summed E-state index contributed by atoms with van der Waals surface area (Å²) in [6, 6.07) is 12.8. The van der Waals surface area contributed by atoms with E-state index < -0.39 is 0 Å². The Morgan fingerprint density at radius 2 is 1.92 bits per heavy atom. The minimum atomic E-state index is 1.07. The van der Waals surface area contributed by atoms with Gasteiger partial charge in [0.2, 0.25) is 0 Å². The predicted octanol–water partition coefficient (Wildman–Crippen LogP) is 3.94. The van der Waals surface area contributed by atoms with Crippen LogP contribution in [0, 0.1) is 3.57 Å². The summed E-state index contributed by atoms with van der Waals surface area (Å²) >= 11 is 4.21. The largest absolute Gasteiger partial charge is 0.149 e. The molecule has 66 valence electrons. The van der Waals surface area contributed by atoms with Crippen molar-refractivity contribution in [3.63, 3.8) is 0 Å². The van der Waals surface area contributed by atoms with E-state index in [0.717, 1.165) is 6.42 Å². The van der Waals surface area contributed by atoms with Crippen molar-refractivity contribution in [3.8, 4) is 0 Å². The normalized spacial score (nSPS) is 10.2. The summed E-state index contributed by atoms with van der Waals surface area (Å²) in [5.41, 5.74) is 1.42. The molecule has 2 aromatic rings. The maximum atomic E-state index is 2.39. The number of hydrogen-bond acceptors (Lipinski definition) is 1. The number of hydrogen-bond donors (Lipinski definition) is 0. The van der Waals surface area contributed by atoms with Crippen LogP contribution in [0.2, 0.25) is 0 Å². The van der Waals surface area contributed by atoms with Crippen LogP contribution in [-0.4, -0.2) is 0 Å². The molecular weight excluding hydrogens is 291 g/mol. The average Bonchev–Trinajstić information content (AvgIpc) is 2.61. The van der Waals surface area contributed by atoms with Gasteiger partial charge >= 0.3 is 0 Å². The number of halogens is 1. The number of thiophene rings is 1. The highest BCUT2D eigenvalue weighted by molar-refractivity contribution is 14.1. The van der Waals surface area contributed by atoms with Crippen LogP contribution in [0.4, 0.5) is 0 Å². The maximum absolute atomic E-state index is 2.39. The first-order valence-corrected chi connectivity index (χ1v) is 6.08. The van der Waals surface area contributed by atoms with Gasteiger partial charge in [0.25, 0.3) is 0 Å². The Morgan fingerprint density at radius 1 is 1.08 bits per heavy atom. The zero-order valence-electron chi connectivity index (χ0n) is 7.03. The van der Waals surface area contributed by atoms with Gasteiger partial charge in [-0.2, -0.15) is 0 Å². The molecule has 0 fully saturated rings. The molecule has 13 heavy (non-hydrogen) atoms. The Bertz CT molecular complexity index is 379. The topological polar surface area (TPSA) is 0 Å². The molecule has 1 aromatic carbocycles. The monoisotopic (exact) mass is 300 g/mol. The van der Waals surface area contributed by atoms with Gasteiger partial charge in [-0.1, -0.05) is 24.3 Å². The van der Waals surface area contributed by atoms with Gasteiger partial charge in [-0.25, -0.2) is 0 Å². The summed E-state index contributed by atoms with van der Waals surface area (Å²) in [5.74, 6) is 0. The summed E-state index contributed by atoms with van der Waals surface area (Å²) in [4.78, 5) is 1.43. The second-order valence-corrected chi connectivity index (χ2v) is 5.04. The Kier molecular flexibility index (Phi) is 3.01. The lowest BCUT2D eigenvalue weighted by Crippen LogP contribution is -1.87. The Labute approximate surface area is 95.8 Å². The summed E-state index contributed by atoms with van der Waals surface area (Å²) < 4.78 is 1.36. The van der Waals surface area contributed by atoms with E-state index in [0.29, 0.717) is 0 Å². The zero-order valence-corrected chi connectivity index (χ0v) is 10.0. The molecule has 0 saturated heterocycles. The molecule has 0 aliphatic rings. The van der Waals surface area contributed by atoms with Gasteiger partial charge < -0.3 is 0 Å². The van der Waals surface area contributed by atoms with Crippen LogP contribution < -0.4 is 0 Å². The minimum absolute atomic E-state index is 1.07. The Balaban J connectivity index is 2.24. The summed E-state index contributed by atoms with van der Waals surface area (Å²) in [5, 5.41) is 2.13. The third-order valence-electron chi connectivity index (χ3n) is 1.90. The van der Waals surface area contributed by atoms with Crippen LogP contribution in [0.15, 0.2) is 41.8 Å². The third-order valence-corrected chi connectivity index (χ3v) is 3.83. The van der Waals surface area contributed by atoms with E-state index >= 15 is 0 Å². The lowest BCUT2D eigenvalue weighted by atomic mass is 10.1. The van der Waals surface area contributed by atoms with Crippen LogP contribution in [0.1, 0.15) is 10.4 Å². The van der Waals surface area contributed by atoms with Crippen LogP contribution in [0.5, 0.6) is 0 Å². The molecule has 0 atom stereocenters. The molecule has 1 aromatic heterocycles. The van der Waals surface area contributed by atoms with Crippen LogP contribution in [0.25, 0.3) is 0 Å². The van der Waals surface area contributed by atoms with E-state index in [1.54, 1.807) is 0 Å². The summed E-state index contributed by atoms with van der Waals surface area (Å²) in [6.45, 7) is 0. The van der Waals surface area contributed by atoms with E-state index in [-0.39, 0.29) is 0 Å². The molecule has 0 aliphatic heterocycles. The first kappa shape index (κ1) is 9.21. The first-order valence-electron chi connectivity index (χ1n) is 4.12. The molecule has 0 aliphatic carbocycles. The third kappa shape index (κ3) is 2.31. The fourth-order valence-corrected chi connectivity index (χ4v) is 2.55. The average molecular weight is 300 g/mol. The quantitative estimate of drug-likeness (QED) is 0.737. The second-order valence-electron chi connectivity index (χ2n) is 2.85. The van der Waals surface area contributed by atoms with Gasteiger partial charge in [0, 0.05) is 14.9 Å². The van der Waals surface area contributed by atoms with Crippen molar-refractivity contribution in [2.45, 2.75) is 6.42 Å². The van der Waals surface area contributed by atoms with Gasteiger partial charge in [-0.05, 0) is 45.7 Å². The van der Waals surface area contributed by atoms with E-state index in [1.807, 2.05) is 11.3 Å². The number of rotatable bonds is 2. The highest BCUT2D eigenvalue weighted by Crippen LogP contribution is 2.18. The van der Waals surface area contributed by atoms with Gasteiger partial charge in [-0.3, -0.25) is 0 Å². The van der Waals surface area contributed by atoms with Crippen molar-refractivity contribution in [3.05, 3.63) is 55.8 Å². The van der Waals surface area contributed by atoms with E-state index in [1.165, 1.54) is 14.0 Å². The van der Waals surface area contributed by atoms with Gasteiger partial charge in [0.1, 0.15) is 0 Å². The predicted molar refractivity (Wildman–Crippen MR) is 66.3 cm³/mol. The highest BCUT2D eigenvalue weighted by atomic mass is 127. The summed E-state index contributed by atoms with van der Waals surface area (Å²) in [7, 11) is 0. The SMILES string of the molecule is Ic1ccccc1Cc1cccs1. The first-order chi connectivity index (χ1) is 6.36. The van der Waals surface area contributed by atoms with E-state index in [2.05, 4.69) is 64.4 Å². The molecule has 2 rings (SSSR count). The molecule has 0 spiro atoms. The molecule has 0 radical (unpaired) electrons. The Hall–Kier alpha value is -0.350. The van der Waals surface area contributed by atoms with Crippen molar-refractivity contribution >= 4 is 33.9 Å². The smallest absolute Gasteiger partial charge is 0.0166 e. The van der Waals surface area contributed by atoms with Crippen LogP contribution >= 0.6 is 33.9 Å². The van der Waals surface area contributed by atoms with Crippen molar-refractivity contribution in [1.82, 2.24) is 0 Å². The molecule has 0 unspecified atom stereocenters. The molecule has 1 heterocycles. The second kappa shape index (κ2) is 4.24. The van der Waals surface area contributed by atoms with E-state index in [4.69, 9.17) is 0 Å². The summed E-state index contributed by atoms with van der Waals surface area (Å²) in [6.07, 6.45) is 1.07. The maximum Gasteiger partial charge on any atom is 0.0166 e. The van der Waals surface area contributed by atoms with E-state index in [9.17, 15) is 0 Å². The zero-order chi connectivity index (χ0) is 9.10. The highest BCUT2D eigenvalue weighted by Gasteiger charge is 1.99. The minimum Gasteiger partial charge on any atom is -0.149 e. The van der Waals surface area contributed by atoms with Crippen LogP contribution in [0.3, 0.4) is 0 Å². The number of benzene rings is 1. The van der Waals surface area contributed by atoms with Gasteiger partial charge in [0.15, 0.2) is 0 Å². The van der Waals surface area contributed by atoms with Crippen molar-refractivity contribution in [1.29, 1.82) is 0 Å². The van der Waals surface area contributed by atoms with Gasteiger partial charge in [0.05, 0.1) is 0 Å². The fraction of sp³-hybridized carbons (Fsp3) is 0.0909. The fourth-order valence-electron chi connectivity index (χ4n) is 1.24. The van der Waals surface area contributed by atoms with Crippen LogP contribution in [-0.2, 0) is 6.42 Å². The van der Waals surface area contributed by atoms with Crippen molar-refractivity contribution in [2.75, 3.05) is 0 Å². The lowest BCUT2D eigenvalue weighted by molar-refractivity contribution is 1.22. The van der Waals surface area contributed by atoms with Gasteiger partial charge in [-0.15, -0.1) is 11.3 Å². The van der Waals surface area contributed by atoms with Crippen molar-refractivity contribution in [2.24, 2.45) is 0 Å². The molecule has 0 amide bonds. The molecule has 0 bridgehead atoms. The molecule has 0 nitrogen and oxygen atoms in total. The lowest BCUT2D eigenvalue weighted by Gasteiger charge is -2.01. The standard InChI is InChI=1S/C11H9IS/c12-11-6-2-1-4-9(11)8-10-5-3-7-13-10/h1-7H,8H2. The molecule has 0 saturated carbocycles. The molecule has 0 N–H and O–H groups in total. The Morgan fingerprint density at radius 3 is 2.62 bits per heavy atom.